The molecule has 5 nitrogen and oxygen atoms in total. The maximum absolute atomic E-state index is 12.2. The second kappa shape index (κ2) is 5.49. The summed E-state index contributed by atoms with van der Waals surface area (Å²) in [6, 6.07) is 0. The summed E-state index contributed by atoms with van der Waals surface area (Å²) in [4.78, 5) is 28.2. The highest BCUT2D eigenvalue weighted by Gasteiger charge is 2.34. The Labute approximate surface area is 113 Å². The summed E-state index contributed by atoms with van der Waals surface area (Å²) < 4.78 is 5.27. The highest BCUT2D eigenvalue weighted by molar-refractivity contribution is 5.81. The fourth-order valence-corrected chi connectivity index (χ4v) is 3.05. The number of carbonyl (C=O) groups is 2. The van der Waals surface area contributed by atoms with Crippen LogP contribution in [0.4, 0.5) is 0 Å². The molecule has 0 N–H and O–H groups in total. The van der Waals surface area contributed by atoms with Gasteiger partial charge in [0.05, 0.1) is 12.5 Å². The molecule has 5 heteroatoms. The number of nitrogens with zero attached hydrogens (tertiary/aromatic N) is 2. The van der Waals surface area contributed by atoms with Crippen LogP contribution in [0.3, 0.4) is 0 Å². The van der Waals surface area contributed by atoms with E-state index in [1.54, 1.807) is 0 Å². The molecule has 3 fully saturated rings. The van der Waals surface area contributed by atoms with E-state index in [1.807, 2.05) is 9.80 Å². The van der Waals surface area contributed by atoms with Crippen LogP contribution < -0.4 is 0 Å². The molecule has 1 aliphatic carbocycles. The standard InChI is InChI=1S/C14H22N2O3/c17-13(11-2-1-3-11)15-5-7-16(8-6-15)14(18)12-4-9-19-10-12/h11-12H,1-10H2/t12-/m1/s1. The van der Waals surface area contributed by atoms with Gasteiger partial charge < -0.3 is 14.5 Å². The van der Waals surface area contributed by atoms with Crippen LogP contribution in [0, 0.1) is 11.8 Å². The average molecular weight is 266 g/mol. The number of ether oxygens (including phenoxy) is 1. The molecular formula is C14H22N2O3. The van der Waals surface area contributed by atoms with Gasteiger partial charge in [-0.05, 0) is 19.3 Å². The Bertz CT molecular complexity index is 354. The van der Waals surface area contributed by atoms with Crippen LogP contribution >= 0.6 is 0 Å². The molecule has 3 aliphatic rings. The molecule has 1 saturated carbocycles. The first-order valence-corrected chi connectivity index (χ1v) is 7.41. The predicted molar refractivity (Wildman–Crippen MR) is 69.4 cm³/mol. The van der Waals surface area contributed by atoms with Gasteiger partial charge in [0.1, 0.15) is 0 Å². The van der Waals surface area contributed by atoms with Gasteiger partial charge in [0, 0.05) is 38.7 Å². The van der Waals surface area contributed by atoms with Crippen LogP contribution in [0.5, 0.6) is 0 Å². The van der Waals surface area contributed by atoms with Crippen LogP contribution in [0.25, 0.3) is 0 Å². The van der Waals surface area contributed by atoms with Crippen LogP contribution in [0.2, 0.25) is 0 Å². The maximum atomic E-state index is 12.2. The smallest absolute Gasteiger partial charge is 0.228 e. The van der Waals surface area contributed by atoms with Crippen molar-refractivity contribution in [2.45, 2.75) is 25.7 Å². The summed E-state index contributed by atoms with van der Waals surface area (Å²) in [5.74, 6) is 0.843. The van der Waals surface area contributed by atoms with Crippen molar-refractivity contribution in [1.82, 2.24) is 9.80 Å². The Morgan fingerprint density at radius 1 is 0.842 bits per heavy atom. The lowest BCUT2D eigenvalue weighted by molar-refractivity contribution is -0.145. The number of piperazine rings is 1. The lowest BCUT2D eigenvalue weighted by Crippen LogP contribution is -2.53. The van der Waals surface area contributed by atoms with Crippen LogP contribution in [-0.4, -0.2) is 61.0 Å². The van der Waals surface area contributed by atoms with E-state index in [0.29, 0.717) is 45.3 Å². The van der Waals surface area contributed by atoms with Gasteiger partial charge in [-0.3, -0.25) is 9.59 Å². The number of amides is 2. The molecule has 0 radical (unpaired) electrons. The van der Waals surface area contributed by atoms with Gasteiger partial charge in [-0.15, -0.1) is 0 Å². The Morgan fingerprint density at radius 2 is 1.42 bits per heavy atom. The Hall–Kier alpha value is -1.10. The second-order valence-electron chi connectivity index (χ2n) is 5.84. The summed E-state index contributed by atoms with van der Waals surface area (Å²) in [6.45, 7) is 4.06. The van der Waals surface area contributed by atoms with Gasteiger partial charge in [-0.1, -0.05) is 6.42 Å². The van der Waals surface area contributed by atoms with E-state index in [-0.39, 0.29) is 17.7 Å². The third-order valence-corrected chi connectivity index (χ3v) is 4.64. The van der Waals surface area contributed by atoms with E-state index < -0.39 is 0 Å². The minimum absolute atomic E-state index is 0.0499. The Morgan fingerprint density at radius 3 is 1.84 bits per heavy atom. The SMILES string of the molecule is O=C(C1CCC1)N1CCN(C(=O)[C@@H]2CCOC2)CC1. The van der Waals surface area contributed by atoms with Crippen molar-refractivity contribution in [3.63, 3.8) is 0 Å². The average Bonchev–Trinajstić information content (AvgIpc) is 2.90. The molecule has 19 heavy (non-hydrogen) atoms. The zero-order valence-corrected chi connectivity index (χ0v) is 11.3. The molecule has 0 bridgehead atoms. The largest absolute Gasteiger partial charge is 0.381 e. The van der Waals surface area contributed by atoms with Crippen molar-refractivity contribution < 1.29 is 14.3 Å². The number of hydrogen-bond donors (Lipinski definition) is 0. The van der Waals surface area contributed by atoms with E-state index in [0.717, 1.165) is 19.3 Å². The highest BCUT2D eigenvalue weighted by Crippen LogP contribution is 2.28. The molecule has 3 rings (SSSR count). The van der Waals surface area contributed by atoms with Crippen molar-refractivity contribution in [2.24, 2.45) is 11.8 Å². The normalized spacial score (nSPS) is 28.3. The first-order valence-electron chi connectivity index (χ1n) is 7.41. The molecule has 2 saturated heterocycles. The number of hydrogen-bond acceptors (Lipinski definition) is 3. The fourth-order valence-electron chi connectivity index (χ4n) is 3.05. The Balaban J connectivity index is 1.48. The minimum atomic E-state index is 0.0499. The lowest BCUT2D eigenvalue weighted by atomic mass is 9.84. The first-order chi connectivity index (χ1) is 9.25. The van der Waals surface area contributed by atoms with E-state index in [4.69, 9.17) is 4.74 Å². The van der Waals surface area contributed by atoms with Crippen LogP contribution in [-0.2, 0) is 14.3 Å². The topological polar surface area (TPSA) is 49.9 Å². The monoisotopic (exact) mass is 266 g/mol. The molecule has 106 valence electrons. The van der Waals surface area contributed by atoms with E-state index in [1.165, 1.54) is 6.42 Å². The van der Waals surface area contributed by atoms with Crippen LogP contribution in [0.15, 0.2) is 0 Å². The zero-order valence-electron chi connectivity index (χ0n) is 11.3. The zero-order chi connectivity index (χ0) is 13.2. The molecule has 0 unspecified atom stereocenters. The predicted octanol–water partition coefficient (Wildman–Crippen LogP) is 0.494. The summed E-state index contributed by atoms with van der Waals surface area (Å²) in [7, 11) is 0. The molecule has 0 spiro atoms. The van der Waals surface area contributed by atoms with Crippen LogP contribution in [0.1, 0.15) is 25.7 Å². The van der Waals surface area contributed by atoms with E-state index >= 15 is 0 Å². The van der Waals surface area contributed by atoms with Gasteiger partial charge in [0.25, 0.3) is 0 Å². The molecule has 1 atom stereocenters. The van der Waals surface area contributed by atoms with Gasteiger partial charge in [-0.25, -0.2) is 0 Å². The van der Waals surface area contributed by atoms with Crippen molar-refractivity contribution in [3.05, 3.63) is 0 Å². The van der Waals surface area contributed by atoms with E-state index in [2.05, 4.69) is 0 Å². The molecule has 2 aliphatic heterocycles. The van der Waals surface area contributed by atoms with Gasteiger partial charge in [0.15, 0.2) is 0 Å². The maximum Gasteiger partial charge on any atom is 0.228 e. The molecule has 2 amide bonds. The first kappa shape index (κ1) is 12.9. The minimum Gasteiger partial charge on any atom is -0.381 e. The number of rotatable bonds is 2. The molecule has 0 aromatic heterocycles. The third kappa shape index (κ3) is 2.61. The van der Waals surface area contributed by atoms with Crippen molar-refractivity contribution in [2.75, 3.05) is 39.4 Å². The molecule has 2 heterocycles. The van der Waals surface area contributed by atoms with Gasteiger partial charge >= 0.3 is 0 Å². The summed E-state index contributed by atoms with van der Waals surface area (Å²) >= 11 is 0. The molecular weight excluding hydrogens is 244 g/mol. The number of carbonyl (C=O) groups excluding carboxylic acids is 2. The molecule has 0 aromatic carbocycles. The van der Waals surface area contributed by atoms with Gasteiger partial charge in [0.2, 0.25) is 11.8 Å². The summed E-state index contributed by atoms with van der Waals surface area (Å²) in [5, 5.41) is 0. The Kier molecular flexibility index (Phi) is 3.73. The fraction of sp³-hybridized carbons (Fsp3) is 0.857. The third-order valence-electron chi connectivity index (χ3n) is 4.64. The molecule has 0 aromatic rings. The quantitative estimate of drug-likeness (QED) is 0.731. The second-order valence-corrected chi connectivity index (χ2v) is 5.84. The van der Waals surface area contributed by atoms with Crippen molar-refractivity contribution in [1.29, 1.82) is 0 Å². The lowest BCUT2D eigenvalue weighted by Gasteiger charge is -2.38. The summed E-state index contributed by atoms with van der Waals surface area (Å²) in [5.41, 5.74) is 0. The van der Waals surface area contributed by atoms with E-state index in [9.17, 15) is 9.59 Å². The van der Waals surface area contributed by atoms with Crippen molar-refractivity contribution in [3.8, 4) is 0 Å². The highest BCUT2D eigenvalue weighted by atomic mass is 16.5. The van der Waals surface area contributed by atoms with Crippen molar-refractivity contribution >= 4 is 11.8 Å². The van der Waals surface area contributed by atoms with Gasteiger partial charge in [-0.2, -0.15) is 0 Å². The summed E-state index contributed by atoms with van der Waals surface area (Å²) in [6.07, 6.45) is 4.14.